The van der Waals surface area contributed by atoms with E-state index in [0.29, 0.717) is 5.69 Å². The van der Waals surface area contributed by atoms with Crippen molar-refractivity contribution in [3.63, 3.8) is 0 Å². The Morgan fingerprint density at radius 2 is 1.88 bits per heavy atom. The second-order valence-corrected chi connectivity index (χ2v) is 4.20. The Hall–Kier alpha value is -2.10. The smallest absolute Gasteiger partial charge is 0.166 e. The lowest BCUT2D eigenvalue weighted by molar-refractivity contribution is 0.111. The van der Waals surface area contributed by atoms with Gasteiger partial charge in [-0.3, -0.25) is 4.79 Å². The minimum absolute atomic E-state index is 0.262. The van der Waals surface area contributed by atoms with Gasteiger partial charge in [0.05, 0.1) is 11.2 Å². The largest absolute Gasteiger partial charge is 0.330 e. The first-order valence-electron chi connectivity index (χ1n) is 5.32. The third kappa shape index (κ3) is 1.18. The number of rotatable bonds is 1. The van der Waals surface area contributed by atoms with Crippen molar-refractivity contribution < 1.29 is 9.18 Å². The molecule has 3 rings (SSSR count). The Labute approximate surface area is 97.1 Å². The van der Waals surface area contributed by atoms with Gasteiger partial charge in [0.1, 0.15) is 11.5 Å². The van der Waals surface area contributed by atoms with Gasteiger partial charge in [0, 0.05) is 24.9 Å². The van der Waals surface area contributed by atoms with Crippen molar-refractivity contribution in [2.75, 3.05) is 0 Å². The van der Waals surface area contributed by atoms with E-state index in [4.69, 9.17) is 0 Å². The summed E-state index contributed by atoms with van der Waals surface area (Å²) in [6, 6.07) is 6.50. The Bertz CT molecular complexity index is 752. The molecule has 86 valence electrons. The van der Waals surface area contributed by atoms with Crippen molar-refractivity contribution in [2.24, 2.45) is 14.1 Å². The number of hydrogen-bond acceptors (Lipinski definition) is 1. The van der Waals surface area contributed by atoms with Crippen LogP contribution in [0.5, 0.6) is 0 Å². The number of carbonyl (C=O) groups excluding carboxylic acids is 1. The summed E-state index contributed by atoms with van der Waals surface area (Å²) >= 11 is 0. The fraction of sp³-hybridized carbons (Fsp3) is 0.154. The highest BCUT2D eigenvalue weighted by atomic mass is 19.1. The summed E-state index contributed by atoms with van der Waals surface area (Å²) in [7, 11) is 3.75. The molecular weight excluding hydrogens is 219 g/mol. The van der Waals surface area contributed by atoms with Crippen LogP contribution in [0.25, 0.3) is 21.9 Å². The molecule has 0 aliphatic carbocycles. The van der Waals surface area contributed by atoms with E-state index >= 15 is 0 Å². The molecule has 0 N–H and O–H groups in total. The number of carbonyl (C=O) groups is 1. The Morgan fingerprint density at radius 3 is 2.59 bits per heavy atom. The van der Waals surface area contributed by atoms with E-state index < -0.39 is 0 Å². The highest BCUT2D eigenvalue weighted by Gasteiger charge is 2.14. The number of aldehydes is 1. The van der Waals surface area contributed by atoms with E-state index in [1.165, 1.54) is 12.1 Å². The average Bonchev–Trinajstić information content (AvgIpc) is 2.77. The minimum Gasteiger partial charge on any atom is -0.330 e. The van der Waals surface area contributed by atoms with Crippen LogP contribution >= 0.6 is 0 Å². The maximum absolute atomic E-state index is 13.3. The molecule has 0 amide bonds. The lowest BCUT2D eigenvalue weighted by Crippen LogP contribution is -1.99. The number of halogens is 1. The Kier molecular flexibility index (Phi) is 1.90. The molecule has 2 heterocycles. The van der Waals surface area contributed by atoms with Gasteiger partial charge < -0.3 is 9.13 Å². The summed E-state index contributed by atoms with van der Waals surface area (Å²) < 4.78 is 17.1. The van der Waals surface area contributed by atoms with Crippen LogP contribution in [-0.4, -0.2) is 15.4 Å². The second kappa shape index (κ2) is 3.20. The maximum atomic E-state index is 13.3. The van der Waals surface area contributed by atoms with Gasteiger partial charge in [0.15, 0.2) is 6.29 Å². The summed E-state index contributed by atoms with van der Waals surface area (Å²) in [5.74, 6) is -0.262. The van der Waals surface area contributed by atoms with Gasteiger partial charge in [-0.1, -0.05) is 0 Å². The molecule has 0 spiro atoms. The average molecular weight is 230 g/mol. The van der Waals surface area contributed by atoms with Gasteiger partial charge in [-0.15, -0.1) is 0 Å². The van der Waals surface area contributed by atoms with E-state index in [2.05, 4.69) is 0 Å². The molecule has 0 aliphatic rings. The first-order valence-corrected chi connectivity index (χ1v) is 5.32. The van der Waals surface area contributed by atoms with Gasteiger partial charge in [-0.25, -0.2) is 4.39 Å². The molecule has 17 heavy (non-hydrogen) atoms. The molecule has 0 radical (unpaired) electrons. The highest BCUT2D eigenvalue weighted by molar-refractivity contribution is 6.09. The highest BCUT2D eigenvalue weighted by Crippen LogP contribution is 2.30. The van der Waals surface area contributed by atoms with E-state index in [0.717, 1.165) is 28.2 Å². The zero-order chi connectivity index (χ0) is 12.2. The van der Waals surface area contributed by atoms with Crippen LogP contribution in [0.3, 0.4) is 0 Å². The standard InChI is InChI=1S/C13H11FN2O/c1-15-9(7-17)6-11-10-5-8(14)3-4-12(10)16(2)13(11)15/h3-7H,1-2H3. The molecule has 3 aromatic rings. The quantitative estimate of drug-likeness (QED) is 0.590. The van der Waals surface area contributed by atoms with Crippen LogP contribution in [0.15, 0.2) is 24.3 Å². The first kappa shape index (κ1) is 10.1. The lowest BCUT2D eigenvalue weighted by atomic mass is 10.2. The number of aryl methyl sites for hydroxylation is 2. The van der Waals surface area contributed by atoms with Gasteiger partial charge in [0.25, 0.3) is 0 Å². The van der Waals surface area contributed by atoms with Gasteiger partial charge in [-0.05, 0) is 24.3 Å². The summed E-state index contributed by atoms with van der Waals surface area (Å²) in [4.78, 5) is 10.9. The van der Waals surface area contributed by atoms with Crippen LogP contribution in [0, 0.1) is 5.82 Å². The van der Waals surface area contributed by atoms with Crippen LogP contribution in [0.2, 0.25) is 0 Å². The van der Waals surface area contributed by atoms with Crippen molar-refractivity contribution >= 4 is 28.2 Å². The van der Waals surface area contributed by atoms with Gasteiger partial charge in [-0.2, -0.15) is 0 Å². The van der Waals surface area contributed by atoms with E-state index in [-0.39, 0.29) is 5.82 Å². The van der Waals surface area contributed by atoms with Crippen molar-refractivity contribution in [1.82, 2.24) is 9.13 Å². The monoisotopic (exact) mass is 230 g/mol. The Balaban J connectivity index is 2.59. The molecule has 0 saturated heterocycles. The molecule has 1 aromatic carbocycles. The fourth-order valence-electron chi connectivity index (χ4n) is 2.46. The molecular formula is C13H11FN2O. The van der Waals surface area contributed by atoms with Crippen LogP contribution in [0.1, 0.15) is 10.5 Å². The van der Waals surface area contributed by atoms with Gasteiger partial charge in [0.2, 0.25) is 0 Å². The van der Waals surface area contributed by atoms with Crippen molar-refractivity contribution in [1.29, 1.82) is 0 Å². The predicted molar refractivity (Wildman–Crippen MR) is 64.7 cm³/mol. The summed E-state index contributed by atoms with van der Waals surface area (Å²) in [6.45, 7) is 0. The molecule has 2 aromatic heterocycles. The van der Waals surface area contributed by atoms with Crippen LogP contribution in [-0.2, 0) is 14.1 Å². The Morgan fingerprint density at radius 1 is 1.12 bits per heavy atom. The normalized spacial score (nSPS) is 11.5. The number of nitrogens with zero attached hydrogens (tertiary/aromatic N) is 2. The molecule has 3 nitrogen and oxygen atoms in total. The number of benzene rings is 1. The third-order valence-corrected chi connectivity index (χ3v) is 3.29. The zero-order valence-electron chi connectivity index (χ0n) is 9.57. The van der Waals surface area contributed by atoms with Crippen molar-refractivity contribution in [3.05, 3.63) is 35.8 Å². The van der Waals surface area contributed by atoms with Crippen LogP contribution in [0.4, 0.5) is 4.39 Å². The van der Waals surface area contributed by atoms with Crippen LogP contribution < -0.4 is 0 Å². The van der Waals surface area contributed by atoms with Gasteiger partial charge >= 0.3 is 0 Å². The van der Waals surface area contributed by atoms with E-state index in [1.54, 1.807) is 12.1 Å². The third-order valence-electron chi connectivity index (χ3n) is 3.29. The molecule has 0 fully saturated rings. The second-order valence-electron chi connectivity index (χ2n) is 4.20. The number of hydrogen-bond donors (Lipinski definition) is 0. The molecule has 0 bridgehead atoms. The van der Waals surface area contributed by atoms with Crippen molar-refractivity contribution in [3.8, 4) is 0 Å². The topological polar surface area (TPSA) is 26.9 Å². The molecule has 0 atom stereocenters. The summed E-state index contributed by atoms with van der Waals surface area (Å²) in [5, 5.41) is 1.75. The SMILES string of the molecule is Cn1c(C=O)cc2c3cc(F)ccc3n(C)c21. The predicted octanol–water partition coefficient (Wildman–Crippen LogP) is 2.62. The van der Waals surface area contributed by atoms with E-state index in [1.807, 2.05) is 23.2 Å². The maximum Gasteiger partial charge on any atom is 0.166 e. The number of aromatic nitrogens is 2. The minimum atomic E-state index is -0.262. The van der Waals surface area contributed by atoms with Crippen molar-refractivity contribution in [2.45, 2.75) is 0 Å². The van der Waals surface area contributed by atoms with E-state index in [9.17, 15) is 9.18 Å². The first-order chi connectivity index (χ1) is 8.13. The molecule has 0 saturated carbocycles. The fourth-order valence-corrected chi connectivity index (χ4v) is 2.46. The summed E-state index contributed by atoms with van der Waals surface area (Å²) in [6.07, 6.45) is 0.811. The molecule has 0 unspecified atom stereocenters. The molecule has 4 heteroatoms. The number of fused-ring (bicyclic) bond motifs is 3. The zero-order valence-corrected chi connectivity index (χ0v) is 9.57. The molecule has 0 aliphatic heterocycles. The summed E-state index contributed by atoms with van der Waals surface area (Å²) in [5.41, 5.74) is 2.48. The lowest BCUT2D eigenvalue weighted by Gasteiger charge is -2.01.